The maximum atomic E-state index is 11.9. The number of hydrogen-bond donors (Lipinski definition) is 3. The van der Waals surface area contributed by atoms with Gasteiger partial charge in [-0.25, -0.2) is 15.0 Å². The summed E-state index contributed by atoms with van der Waals surface area (Å²) in [7, 11) is 0. The van der Waals surface area contributed by atoms with Crippen molar-refractivity contribution in [2.45, 2.75) is 13.8 Å². The molecule has 178 valence electrons. The standard InChI is InChI=1S/C27H23N7O2/c1-15(2)27(35)33-18-9-12-20(29-13-18)24-22(23-25(28)30-14-31-26(23)34-24)17-7-10-19(11-8-17)36-21-6-4-5-16(3)32-21/h4-14H,1H2,2-3H3,(H,33,35)(H3,28,30,31,34). The van der Waals surface area contributed by atoms with Crippen molar-refractivity contribution in [1.29, 1.82) is 0 Å². The lowest BCUT2D eigenvalue weighted by Crippen LogP contribution is -2.11. The number of anilines is 2. The van der Waals surface area contributed by atoms with Crippen LogP contribution in [0.3, 0.4) is 0 Å². The summed E-state index contributed by atoms with van der Waals surface area (Å²) in [6, 6.07) is 16.8. The van der Waals surface area contributed by atoms with Gasteiger partial charge in [0.25, 0.3) is 5.91 Å². The van der Waals surface area contributed by atoms with Gasteiger partial charge in [0.15, 0.2) is 0 Å². The molecule has 0 aliphatic rings. The molecule has 4 N–H and O–H groups in total. The van der Waals surface area contributed by atoms with Crippen molar-refractivity contribution in [2.24, 2.45) is 0 Å². The summed E-state index contributed by atoms with van der Waals surface area (Å²) in [4.78, 5) is 32.7. The molecule has 0 unspecified atom stereocenters. The van der Waals surface area contributed by atoms with Gasteiger partial charge < -0.3 is 20.8 Å². The lowest BCUT2D eigenvalue weighted by molar-refractivity contribution is -0.112. The third kappa shape index (κ3) is 4.49. The molecule has 4 aromatic heterocycles. The number of carbonyl (C=O) groups is 1. The lowest BCUT2D eigenvalue weighted by atomic mass is 10.0. The van der Waals surface area contributed by atoms with Gasteiger partial charge in [0.1, 0.15) is 23.5 Å². The van der Waals surface area contributed by atoms with E-state index in [1.807, 2.05) is 55.5 Å². The van der Waals surface area contributed by atoms with Crippen LogP contribution in [0, 0.1) is 6.92 Å². The molecule has 1 aromatic carbocycles. The zero-order chi connectivity index (χ0) is 25.2. The van der Waals surface area contributed by atoms with Gasteiger partial charge in [0.05, 0.1) is 28.7 Å². The van der Waals surface area contributed by atoms with E-state index in [0.29, 0.717) is 45.4 Å². The largest absolute Gasteiger partial charge is 0.439 e. The molecule has 0 bridgehead atoms. The van der Waals surface area contributed by atoms with Crippen molar-refractivity contribution >= 4 is 28.4 Å². The van der Waals surface area contributed by atoms with Gasteiger partial charge in [-0.3, -0.25) is 9.78 Å². The van der Waals surface area contributed by atoms with Crippen LogP contribution in [0.4, 0.5) is 11.5 Å². The molecule has 0 aliphatic carbocycles. The number of carbonyl (C=O) groups excluding carboxylic acids is 1. The summed E-state index contributed by atoms with van der Waals surface area (Å²) >= 11 is 0. The Bertz CT molecular complexity index is 1590. The first-order chi connectivity index (χ1) is 17.4. The maximum Gasteiger partial charge on any atom is 0.250 e. The number of pyridine rings is 2. The van der Waals surface area contributed by atoms with E-state index in [4.69, 9.17) is 10.5 Å². The summed E-state index contributed by atoms with van der Waals surface area (Å²) in [5.74, 6) is 1.27. The first kappa shape index (κ1) is 22.7. The summed E-state index contributed by atoms with van der Waals surface area (Å²) in [6.45, 7) is 7.21. The highest BCUT2D eigenvalue weighted by Gasteiger charge is 2.20. The van der Waals surface area contributed by atoms with E-state index in [2.05, 4.69) is 36.8 Å². The third-order valence-electron chi connectivity index (χ3n) is 5.51. The molecule has 5 rings (SSSR count). The van der Waals surface area contributed by atoms with Crippen molar-refractivity contribution in [2.75, 3.05) is 11.1 Å². The highest BCUT2D eigenvalue weighted by Crippen LogP contribution is 2.39. The topological polar surface area (TPSA) is 132 Å². The Kier molecular flexibility index (Phi) is 5.87. The zero-order valence-electron chi connectivity index (χ0n) is 19.7. The van der Waals surface area contributed by atoms with Crippen molar-refractivity contribution in [3.05, 3.63) is 85.0 Å². The number of aryl methyl sites for hydroxylation is 1. The van der Waals surface area contributed by atoms with Crippen LogP contribution in [0.1, 0.15) is 12.6 Å². The predicted octanol–water partition coefficient (Wildman–Crippen LogP) is 5.28. The second kappa shape index (κ2) is 9.30. The monoisotopic (exact) mass is 477 g/mol. The number of rotatable bonds is 6. The smallest absolute Gasteiger partial charge is 0.250 e. The molecule has 9 heteroatoms. The van der Waals surface area contributed by atoms with Crippen molar-refractivity contribution in [1.82, 2.24) is 24.9 Å². The molecule has 0 radical (unpaired) electrons. The number of H-pyrrole nitrogens is 1. The van der Waals surface area contributed by atoms with Gasteiger partial charge in [-0.2, -0.15) is 0 Å². The van der Waals surface area contributed by atoms with E-state index in [1.54, 1.807) is 19.2 Å². The Morgan fingerprint density at radius 1 is 1.06 bits per heavy atom. The van der Waals surface area contributed by atoms with Gasteiger partial charge in [0, 0.05) is 22.9 Å². The fourth-order valence-corrected chi connectivity index (χ4v) is 3.77. The number of nitrogens with one attached hydrogen (secondary N) is 2. The van der Waals surface area contributed by atoms with E-state index in [-0.39, 0.29) is 5.91 Å². The molecule has 1 amide bonds. The number of hydrogen-bond acceptors (Lipinski definition) is 7. The van der Waals surface area contributed by atoms with Crippen molar-refractivity contribution < 1.29 is 9.53 Å². The molecule has 0 spiro atoms. The minimum absolute atomic E-state index is 0.262. The van der Waals surface area contributed by atoms with Crippen LogP contribution < -0.4 is 15.8 Å². The fourth-order valence-electron chi connectivity index (χ4n) is 3.77. The van der Waals surface area contributed by atoms with E-state index in [1.165, 1.54) is 6.33 Å². The first-order valence-electron chi connectivity index (χ1n) is 11.2. The van der Waals surface area contributed by atoms with Crippen LogP contribution in [-0.4, -0.2) is 30.8 Å². The third-order valence-corrected chi connectivity index (χ3v) is 5.51. The van der Waals surface area contributed by atoms with Gasteiger partial charge in [-0.05, 0) is 49.7 Å². The van der Waals surface area contributed by atoms with E-state index in [0.717, 1.165) is 22.5 Å². The van der Waals surface area contributed by atoms with Crippen LogP contribution in [-0.2, 0) is 4.79 Å². The zero-order valence-corrected chi connectivity index (χ0v) is 19.7. The van der Waals surface area contributed by atoms with Crippen molar-refractivity contribution in [3.8, 4) is 34.1 Å². The minimum atomic E-state index is -0.262. The number of fused-ring (bicyclic) bond motifs is 1. The van der Waals surface area contributed by atoms with Gasteiger partial charge in [0.2, 0.25) is 5.88 Å². The second-order valence-electron chi connectivity index (χ2n) is 8.27. The predicted molar refractivity (Wildman–Crippen MR) is 139 cm³/mol. The number of nitrogens with zero attached hydrogens (tertiary/aromatic N) is 4. The Hall–Kier alpha value is -5.05. The summed E-state index contributed by atoms with van der Waals surface area (Å²) in [5, 5.41) is 3.46. The lowest BCUT2D eigenvalue weighted by Gasteiger charge is -2.09. The van der Waals surface area contributed by atoms with E-state index in [9.17, 15) is 4.79 Å². The van der Waals surface area contributed by atoms with Gasteiger partial charge in [-0.15, -0.1) is 0 Å². The second-order valence-corrected chi connectivity index (χ2v) is 8.27. The summed E-state index contributed by atoms with van der Waals surface area (Å²) in [5.41, 5.74) is 11.8. The highest BCUT2D eigenvalue weighted by molar-refractivity contribution is 6.07. The first-order valence-corrected chi connectivity index (χ1v) is 11.2. The average molecular weight is 478 g/mol. The van der Waals surface area contributed by atoms with E-state index >= 15 is 0 Å². The van der Waals surface area contributed by atoms with E-state index < -0.39 is 0 Å². The normalized spacial score (nSPS) is 10.8. The van der Waals surface area contributed by atoms with Crippen LogP contribution in [0.15, 0.2) is 79.3 Å². The Morgan fingerprint density at radius 2 is 1.86 bits per heavy atom. The number of ether oxygens (including phenoxy) is 1. The molecular weight excluding hydrogens is 454 g/mol. The van der Waals surface area contributed by atoms with Crippen LogP contribution in [0.25, 0.3) is 33.5 Å². The number of aromatic nitrogens is 5. The summed E-state index contributed by atoms with van der Waals surface area (Å²) < 4.78 is 5.90. The molecular formula is C27H23N7O2. The molecule has 36 heavy (non-hydrogen) atoms. The SMILES string of the molecule is C=C(C)C(=O)Nc1ccc(-c2[nH]c3ncnc(N)c3c2-c2ccc(Oc3cccc(C)n3)cc2)nc1. The van der Waals surface area contributed by atoms with Crippen molar-refractivity contribution in [3.63, 3.8) is 0 Å². The molecule has 0 fully saturated rings. The van der Waals surface area contributed by atoms with Crippen LogP contribution in [0.2, 0.25) is 0 Å². The Balaban J connectivity index is 1.53. The van der Waals surface area contributed by atoms with Crippen LogP contribution in [0.5, 0.6) is 11.6 Å². The number of nitrogens with two attached hydrogens (primary N) is 1. The average Bonchev–Trinajstić information content (AvgIpc) is 3.26. The number of amides is 1. The minimum Gasteiger partial charge on any atom is -0.439 e. The molecule has 0 saturated heterocycles. The molecule has 5 aromatic rings. The Morgan fingerprint density at radius 3 is 2.56 bits per heavy atom. The number of nitrogen functional groups attached to an aromatic ring is 1. The molecule has 9 nitrogen and oxygen atoms in total. The number of benzene rings is 1. The van der Waals surface area contributed by atoms with Crippen LogP contribution >= 0.6 is 0 Å². The quantitative estimate of drug-likeness (QED) is 0.284. The molecule has 4 heterocycles. The summed E-state index contributed by atoms with van der Waals surface area (Å²) in [6.07, 6.45) is 3.00. The fraction of sp³-hybridized carbons (Fsp3) is 0.0741. The highest BCUT2D eigenvalue weighted by atomic mass is 16.5. The number of aromatic amines is 1. The molecule has 0 atom stereocenters. The van der Waals surface area contributed by atoms with Gasteiger partial charge in [-0.1, -0.05) is 24.8 Å². The maximum absolute atomic E-state index is 11.9. The molecule has 0 saturated carbocycles. The molecule has 0 aliphatic heterocycles. The van der Waals surface area contributed by atoms with Gasteiger partial charge >= 0.3 is 0 Å². The Labute approximate surface area is 207 Å².